The smallest absolute Gasteiger partial charge is 0.224 e. The van der Waals surface area contributed by atoms with E-state index in [0.29, 0.717) is 13.0 Å². The van der Waals surface area contributed by atoms with Gasteiger partial charge in [-0.05, 0) is 12.8 Å². The molecule has 5 nitrogen and oxygen atoms in total. The number of carbonyl (C=O) groups excluding carboxylic acids is 1. The fraction of sp³-hybridized carbons (Fsp3) is 0.533. The summed E-state index contributed by atoms with van der Waals surface area (Å²) in [7, 11) is 0. The first-order chi connectivity index (χ1) is 10.2. The van der Waals surface area contributed by atoms with Gasteiger partial charge >= 0.3 is 0 Å². The highest BCUT2D eigenvalue weighted by atomic mass is 32.1. The lowest BCUT2D eigenvalue weighted by Crippen LogP contribution is -2.44. The van der Waals surface area contributed by atoms with Crippen LogP contribution in [0.25, 0.3) is 0 Å². The lowest BCUT2D eigenvalue weighted by Gasteiger charge is -2.38. The summed E-state index contributed by atoms with van der Waals surface area (Å²) in [6, 6.07) is 0. The Morgan fingerprint density at radius 2 is 2.19 bits per heavy atom. The second-order valence-electron chi connectivity index (χ2n) is 5.83. The number of aryl methyl sites for hydroxylation is 1. The standard InChI is InChI=1S/C15H20N4OS/c1-15(14-17-6-11-21-14)3-8-19(9-4-15)13(20)2-7-18-10-5-16-12-18/h5-6,10-12H,2-4,7-9H2,1H3. The number of amides is 1. The third-order valence-electron chi connectivity index (χ3n) is 4.31. The van der Waals surface area contributed by atoms with Crippen molar-refractivity contribution >= 4 is 17.2 Å². The zero-order valence-corrected chi connectivity index (χ0v) is 13.1. The molecule has 0 aromatic carbocycles. The number of likely N-dealkylation sites (tertiary alicyclic amines) is 1. The second kappa shape index (κ2) is 5.97. The Labute approximate surface area is 128 Å². The van der Waals surface area contributed by atoms with Gasteiger partial charge in [-0.2, -0.15) is 0 Å². The van der Waals surface area contributed by atoms with Crippen molar-refractivity contribution in [2.24, 2.45) is 0 Å². The van der Waals surface area contributed by atoms with Gasteiger partial charge in [0.2, 0.25) is 5.91 Å². The summed E-state index contributed by atoms with van der Waals surface area (Å²) in [5.74, 6) is 0.241. The van der Waals surface area contributed by atoms with Gasteiger partial charge in [0.1, 0.15) is 0 Å². The van der Waals surface area contributed by atoms with Gasteiger partial charge in [-0.25, -0.2) is 9.97 Å². The Kier molecular flexibility index (Phi) is 4.05. The van der Waals surface area contributed by atoms with Crippen LogP contribution in [0.4, 0.5) is 0 Å². The molecule has 2 aromatic rings. The molecule has 1 amide bonds. The maximum Gasteiger partial charge on any atom is 0.224 e. The first-order valence-electron chi connectivity index (χ1n) is 7.31. The van der Waals surface area contributed by atoms with Crippen LogP contribution in [0.1, 0.15) is 31.2 Å². The van der Waals surface area contributed by atoms with Crippen LogP contribution in [0.15, 0.2) is 30.3 Å². The molecule has 21 heavy (non-hydrogen) atoms. The van der Waals surface area contributed by atoms with Crippen LogP contribution in [0.2, 0.25) is 0 Å². The van der Waals surface area contributed by atoms with Crippen LogP contribution in [-0.2, 0) is 16.8 Å². The summed E-state index contributed by atoms with van der Waals surface area (Å²) in [6.07, 6.45) is 9.80. The van der Waals surface area contributed by atoms with Crippen molar-refractivity contribution < 1.29 is 4.79 Å². The number of thiazole rings is 1. The molecule has 1 aliphatic rings. The van der Waals surface area contributed by atoms with Gasteiger partial charge in [-0.1, -0.05) is 6.92 Å². The SMILES string of the molecule is CC1(c2nccs2)CCN(C(=O)CCn2ccnc2)CC1. The lowest BCUT2D eigenvalue weighted by atomic mass is 9.81. The number of rotatable bonds is 4. The molecule has 1 saturated heterocycles. The van der Waals surface area contributed by atoms with Gasteiger partial charge in [0.15, 0.2) is 0 Å². The van der Waals surface area contributed by atoms with Crippen molar-refractivity contribution in [2.75, 3.05) is 13.1 Å². The Bertz CT molecular complexity index is 571. The molecule has 3 rings (SSSR count). The van der Waals surface area contributed by atoms with E-state index in [4.69, 9.17) is 0 Å². The number of aromatic nitrogens is 3. The van der Waals surface area contributed by atoms with E-state index in [1.54, 1.807) is 23.9 Å². The van der Waals surface area contributed by atoms with Crippen LogP contribution >= 0.6 is 11.3 Å². The molecular weight excluding hydrogens is 284 g/mol. The Morgan fingerprint density at radius 1 is 1.38 bits per heavy atom. The number of carbonyl (C=O) groups is 1. The Hall–Kier alpha value is -1.69. The summed E-state index contributed by atoms with van der Waals surface area (Å²) in [6.45, 7) is 4.63. The van der Waals surface area contributed by atoms with E-state index in [0.717, 1.165) is 25.9 Å². The first kappa shape index (κ1) is 14.3. The van der Waals surface area contributed by atoms with Crippen LogP contribution < -0.4 is 0 Å². The maximum atomic E-state index is 12.3. The van der Waals surface area contributed by atoms with Crippen molar-refractivity contribution in [3.63, 3.8) is 0 Å². The molecule has 2 aromatic heterocycles. The number of piperidine rings is 1. The Balaban J connectivity index is 1.52. The van der Waals surface area contributed by atoms with E-state index in [1.165, 1.54) is 5.01 Å². The molecule has 0 bridgehead atoms. The molecule has 0 aliphatic carbocycles. The van der Waals surface area contributed by atoms with Gasteiger partial charge in [0.25, 0.3) is 0 Å². The summed E-state index contributed by atoms with van der Waals surface area (Å²) >= 11 is 1.72. The molecule has 3 heterocycles. The molecule has 6 heteroatoms. The van der Waals surface area contributed by atoms with Crippen molar-refractivity contribution in [1.29, 1.82) is 0 Å². The van der Waals surface area contributed by atoms with E-state index < -0.39 is 0 Å². The molecule has 112 valence electrons. The number of hydrogen-bond donors (Lipinski definition) is 0. The second-order valence-corrected chi connectivity index (χ2v) is 6.72. The number of nitrogens with zero attached hydrogens (tertiary/aromatic N) is 4. The average molecular weight is 304 g/mol. The molecule has 1 fully saturated rings. The van der Waals surface area contributed by atoms with Gasteiger partial charge < -0.3 is 9.47 Å². The van der Waals surface area contributed by atoms with Gasteiger partial charge in [-0.3, -0.25) is 4.79 Å². The van der Waals surface area contributed by atoms with Crippen LogP contribution in [0.3, 0.4) is 0 Å². The van der Waals surface area contributed by atoms with Gasteiger partial charge in [-0.15, -0.1) is 11.3 Å². The average Bonchev–Trinajstić information content (AvgIpc) is 3.19. The molecule has 0 atom stereocenters. The van der Waals surface area contributed by atoms with E-state index in [2.05, 4.69) is 16.9 Å². The summed E-state index contributed by atoms with van der Waals surface area (Å²) in [4.78, 5) is 22.7. The molecule has 1 aliphatic heterocycles. The number of imidazole rings is 1. The molecule has 0 N–H and O–H groups in total. The fourth-order valence-corrected chi connectivity index (χ4v) is 3.65. The van der Waals surface area contributed by atoms with Crippen molar-refractivity contribution in [2.45, 2.75) is 38.1 Å². The normalized spacial score (nSPS) is 17.9. The van der Waals surface area contributed by atoms with Crippen molar-refractivity contribution in [1.82, 2.24) is 19.4 Å². The quantitative estimate of drug-likeness (QED) is 0.871. The first-order valence-corrected chi connectivity index (χ1v) is 8.19. The van der Waals surface area contributed by atoms with E-state index in [9.17, 15) is 4.79 Å². The monoisotopic (exact) mass is 304 g/mol. The van der Waals surface area contributed by atoms with Crippen molar-refractivity contribution in [3.05, 3.63) is 35.3 Å². The van der Waals surface area contributed by atoms with Crippen LogP contribution in [0, 0.1) is 0 Å². The zero-order chi connectivity index (χ0) is 14.7. The molecular formula is C15H20N4OS. The van der Waals surface area contributed by atoms with E-state index >= 15 is 0 Å². The topological polar surface area (TPSA) is 51.0 Å². The molecule has 0 radical (unpaired) electrons. The zero-order valence-electron chi connectivity index (χ0n) is 12.2. The fourth-order valence-electron chi connectivity index (χ4n) is 2.79. The van der Waals surface area contributed by atoms with E-state index in [-0.39, 0.29) is 11.3 Å². The van der Waals surface area contributed by atoms with Crippen LogP contribution in [0.5, 0.6) is 0 Å². The highest BCUT2D eigenvalue weighted by molar-refractivity contribution is 7.09. The largest absolute Gasteiger partial charge is 0.343 e. The van der Waals surface area contributed by atoms with Gasteiger partial charge in [0, 0.05) is 55.4 Å². The van der Waals surface area contributed by atoms with Crippen molar-refractivity contribution in [3.8, 4) is 0 Å². The summed E-state index contributed by atoms with van der Waals surface area (Å²) in [5.41, 5.74) is 0.134. The summed E-state index contributed by atoms with van der Waals surface area (Å²) < 4.78 is 1.95. The third-order valence-corrected chi connectivity index (χ3v) is 5.39. The van der Waals surface area contributed by atoms with Crippen LogP contribution in [-0.4, -0.2) is 38.4 Å². The predicted molar refractivity (Wildman–Crippen MR) is 82.1 cm³/mol. The molecule has 0 unspecified atom stereocenters. The van der Waals surface area contributed by atoms with E-state index in [1.807, 2.05) is 27.2 Å². The minimum absolute atomic E-state index is 0.134. The van der Waals surface area contributed by atoms with Gasteiger partial charge in [0.05, 0.1) is 11.3 Å². The Morgan fingerprint density at radius 3 is 2.81 bits per heavy atom. The highest BCUT2D eigenvalue weighted by Gasteiger charge is 2.34. The third kappa shape index (κ3) is 3.15. The number of hydrogen-bond acceptors (Lipinski definition) is 4. The molecule has 0 saturated carbocycles. The minimum atomic E-state index is 0.134. The minimum Gasteiger partial charge on any atom is -0.343 e. The highest BCUT2D eigenvalue weighted by Crippen LogP contribution is 2.36. The lowest BCUT2D eigenvalue weighted by molar-refractivity contribution is -0.133. The maximum absolute atomic E-state index is 12.3. The molecule has 0 spiro atoms. The predicted octanol–water partition coefficient (Wildman–Crippen LogP) is 2.31. The summed E-state index contributed by atoms with van der Waals surface area (Å²) in [5, 5.41) is 3.23.